The van der Waals surface area contributed by atoms with Gasteiger partial charge >= 0.3 is 0 Å². The van der Waals surface area contributed by atoms with Crippen LogP contribution >= 0.6 is 22.7 Å². The summed E-state index contributed by atoms with van der Waals surface area (Å²) in [5.41, 5.74) is 7.33. The third-order valence-electron chi connectivity index (χ3n) is 8.32. The van der Waals surface area contributed by atoms with Gasteiger partial charge in [0.1, 0.15) is 5.01 Å². The number of allylic oxidation sites excluding steroid dienone is 2. The van der Waals surface area contributed by atoms with Crippen LogP contribution in [0.3, 0.4) is 0 Å². The van der Waals surface area contributed by atoms with Crippen molar-refractivity contribution in [2.45, 2.75) is 12.5 Å². The van der Waals surface area contributed by atoms with Crippen molar-refractivity contribution in [3.05, 3.63) is 127 Å². The average Bonchev–Trinajstić information content (AvgIpc) is 3.72. The first-order chi connectivity index (χ1) is 20.3. The van der Waals surface area contributed by atoms with Crippen LogP contribution in [0, 0.1) is 0 Å². The molecule has 0 aliphatic heterocycles. The van der Waals surface area contributed by atoms with E-state index in [-0.39, 0.29) is 6.04 Å². The Morgan fingerprint density at radius 3 is 2.49 bits per heavy atom. The van der Waals surface area contributed by atoms with Crippen LogP contribution < -0.4 is 4.90 Å². The monoisotopic (exact) mass is 560 g/mol. The van der Waals surface area contributed by atoms with E-state index in [4.69, 9.17) is 4.98 Å². The first-order valence-electron chi connectivity index (χ1n) is 14.0. The molecular weight excluding hydrogens is 537 g/mol. The highest BCUT2D eigenvalue weighted by molar-refractivity contribution is 7.26. The maximum absolute atomic E-state index is 5.17. The third kappa shape index (κ3) is 3.51. The summed E-state index contributed by atoms with van der Waals surface area (Å²) < 4.78 is 2.67. The van der Waals surface area contributed by atoms with Gasteiger partial charge in [-0.25, -0.2) is 4.98 Å². The van der Waals surface area contributed by atoms with E-state index in [0.29, 0.717) is 0 Å². The number of nitrogens with zero attached hydrogens (tertiary/aromatic N) is 2. The van der Waals surface area contributed by atoms with Crippen LogP contribution in [0.2, 0.25) is 0 Å². The van der Waals surface area contributed by atoms with E-state index < -0.39 is 0 Å². The first kappa shape index (κ1) is 23.2. The highest BCUT2D eigenvalue weighted by Crippen LogP contribution is 2.53. The molecule has 2 aliphatic rings. The van der Waals surface area contributed by atoms with E-state index in [0.717, 1.165) is 17.1 Å². The molecule has 194 valence electrons. The van der Waals surface area contributed by atoms with Crippen molar-refractivity contribution in [1.82, 2.24) is 4.98 Å². The van der Waals surface area contributed by atoms with Crippen molar-refractivity contribution in [2.24, 2.45) is 0 Å². The average molecular weight is 561 g/mol. The van der Waals surface area contributed by atoms with Gasteiger partial charge in [0.25, 0.3) is 0 Å². The van der Waals surface area contributed by atoms with Crippen LogP contribution in [0.4, 0.5) is 11.4 Å². The largest absolute Gasteiger partial charge is 0.333 e. The van der Waals surface area contributed by atoms with E-state index in [9.17, 15) is 0 Å². The summed E-state index contributed by atoms with van der Waals surface area (Å²) in [6.07, 6.45) is 9.95. The number of thiophene rings is 1. The summed E-state index contributed by atoms with van der Waals surface area (Å²) in [6.45, 7) is 0. The molecule has 4 heteroatoms. The summed E-state index contributed by atoms with van der Waals surface area (Å²) in [5, 5.41) is 6.33. The Bertz CT molecular complexity index is 2200. The normalized spacial score (nSPS) is 15.3. The molecule has 2 aliphatic carbocycles. The van der Waals surface area contributed by atoms with E-state index in [1.807, 2.05) is 22.7 Å². The van der Waals surface area contributed by atoms with Crippen LogP contribution in [-0.4, -0.2) is 11.0 Å². The predicted molar refractivity (Wildman–Crippen MR) is 178 cm³/mol. The minimum atomic E-state index is 0.228. The minimum Gasteiger partial charge on any atom is -0.333 e. The van der Waals surface area contributed by atoms with Crippen molar-refractivity contribution < 1.29 is 0 Å². The molecule has 0 bridgehead atoms. The van der Waals surface area contributed by atoms with Crippen molar-refractivity contribution in [2.75, 3.05) is 4.90 Å². The summed E-state index contributed by atoms with van der Waals surface area (Å²) in [5.74, 6) is 0. The number of aromatic nitrogens is 1. The van der Waals surface area contributed by atoms with Crippen molar-refractivity contribution in [3.63, 3.8) is 0 Å². The molecule has 0 amide bonds. The zero-order valence-corrected chi connectivity index (χ0v) is 23.8. The Morgan fingerprint density at radius 2 is 1.59 bits per heavy atom. The fraction of sp³-hybridized carbons (Fsp3) is 0.0541. The summed E-state index contributed by atoms with van der Waals surface area (Å²) in [7, 11) is 0. The highest BCUT2D eigenvalue weighted by Gasteiger charge is 2.29. The molecule has 0 spiro atoms. The SMILES string of the molecule is C1=CCC(N(c2cc3c4c(cccc4c2)-c2nc(-c4ccccc4)sc2-3)c2cccc3c2sc2ccccc23)C=C1. The number of benzene rings is 5. The molecule has 2 nitrogen and oxygen atoms in total. The lowest BCUT2D eigenvalue weighted by Crippen LogP contribution is -2.29. The lowest BCUT2D eigenvalue weighted by Gasteiger charge is -2.33. The fourth-order valence-electron chi connectivity index (χ4n) is 6.51. The number of anilines is 2. The Hall–Kier alpha value is -4.51. The Balaban J connectivity index is 1.28. The van der Waals surface area contributed by atoms with Gasteiger partial charge in [-0.15, -0.1) is 22.7 Å². The van der Waals surface area contributed by atoms with Gasteiger partial charge in [0, 0.05) is 37.9 Å². The molecule has 1 atom stereocenters. The predicted octanol–water partition coefficient (Wildman–Crippen LogP) is 11.0. The topological polar surface area (TPSA) is 16.1 Å². The fourth-order valence-corrected chi connectivity index (χ4v) is 8.83. The zero-order chi connectivity index (χ0) is 26.9. The molecule has 7 aromatic rings. The van der Waals surface area contributed by atoms with Gasteiger partial charge in [0.05, 0.1) is 27.0 Å². The molecule has 0 N–H and O–H groups in total. The number of hydrogen-bond donors (Lipinski definition) is 0. The van der Waals surface area contributed by atoms with E-state index in [2.05, 4.69) is 132 Å². The Kier molecular flexibility index (Phi) is 5.10. The van der Waals surface area contributed by atoms with E-state index in [1.165, 1.54) is 63.9 Å². The summed E-state index contributed by atoms with van der Waals surface area (Å²) in [6, 6.07) is 37.8. The van der Waals surface area contributed by atoms with Gasteiger partial charge in [-0.2, -0.15) is 0 Å². The van der Waals surface area contributed by atoms with Crippen LogP contribution in [0.1, 0.15) is 6.42 Å². The molecule has 2 aromatic heterocycles. The van der Waals surface area contributed by atoms with Gasteiger partial charge < -0.3 is 4.90 Å². The van der Waals surface area contributed by atoms with Gasteiger partial charge in [-0.3, -0.25) is 0 Å². The van der Waals surface area contributed by atoms with Gasteiger partial charge in [-0.1, -0.05) is 103 Å². The molecule has 2 heterocycles. The van der Waals surface area contributed by atoms with E-state index in [1.54, 1.807) is 0 Å². The highest BCUT2D eigenvalue weighted by atomic mass is 32.1. The number of thiazole rings is 1. The van der Waals surface area contributed by atoms with Crippen LogP contribution in [-0.2, 0) is 0 Å². The smallest absolute Gasteiger partial charge is 0.124 e. The maximum Gasteiger partial charge on any atom is 0.124 e. The second kappa shape index (κ2) is 9.00. The lowest BCUT2D eigenvalue weighted by atomic mass is 10.00. The molecular formula is C37H24N2S2. The van der Waals surface area contributed by atoms with Gasteiger partial charge in [0.2, 0.25) is 0 Å². The maximum atomic E-state index is 5.17. The third-order valence-corrected chi connectivity index (χ3v) is 10.7. The Morgan fingerprint density at radius 1 is 0.732 bits per heavy atom. The molecule has 0 saturated heterocycles. The molecule has 9 rings (SSSR count). The number of rotatable bonds is 4. The number of hydrogen-bond acceptors (Lipinski definition) is 4. The van der Waals surface area contributed by atoms with Crippen molar-refractivity contribution >= 4 is 65.0 Å². The van der Waals surface area contributed by atoms with Crippen LogP contribution in [0.5, 0.6) is 0 Å². The molecule has 1 unspecified atom stereocenters. The standard InChI is InChI=1S/C37H24N2S2/c1-3-11-23(12-4-1)37-38-34-29-18-9-13-24-21-26(22-30(33(24)29)36(34)41-37)39(25-14-5-2-6-15-25)31-19-10-17-28-27-16-7-8-20-32(27)40-35(28)31/h1-14,16-22,25H,15H2. The molecule has 0 saturated carbocycles. The quantitative estimate of drug-likeness (QED) is 0.213. The molecule has 0 fully saturated rings. The summed E-state index contributed by atoms with van der Waals surface area (Å²) in [4.78, 5) is 9.02. The van der Waals surface area contributed by atoms with Crippen molar-refractivity contribution in [3.8, 4) is 32.3 Å². The van der Waals surface area contributed by atoms with Crippen LogP contribution in [0.15, 0.2) is 127 Å². The Labute approximate surface area is 246 Å². The summed E-state index contributed by atoms with van der Waals surface area (Å²) >= 11 is 3.71. The van der Waals surface area contributed by atoms with Crippen molar-refractivity contribution in [1.29, 1.82) is 0 Å². The van der Waals surface area contributed by atoms with Gasteiger partial charge in [0.15, 0.2) is 0 Å². The molecule has 5 aromatic carbocycles. The molecule has 0 radical (unpaired) electrons. The first-order valence-corrected chi connectivity index (χ1v) is 15.6. The van der Waals surface area contributed by atoms with E-state index >= 15 is 0 Å². The second-order valence-corrected chi connectivity index (χ2v) is 12.7. The minimum absolute atomic E-state index is 0.228. The van der Waals surface area contributed by atoms with Crippen LogP contribution in [0.25, 0.3) is 63.2 Å². The zero-order valence-electron chi connectivity index (χ0n) is 22.1. The number of fused-ring (bicyclic) bond motifs is 6. The van der Waals surface area contributed by atoms with Gasteiger partial charge in [-0.05, 0) is 41.5 Å². The second-order valence-electron chi connectivity index (χ2n) is 10.7. The lowest BCUT2D eigenvalue weighted by molar-refractivity contribution is 0.788. The molecule has 41 heavy (non-hydrogen) atoms.